The summed E-state index contributed by atoms with van der Waals surface area (Å²) in [6.07, 6.45) is 2.94. The van der Waals surface area contributed by atoms with Crippen LogP contribution in [0.25, 0.3) is 5.65 Å². The van der Waals surface area contributed by atoms with Crippen LogP contribution in [0.1, 0.15) is 51.8 Å². The second-order valence-corrected chi connectivity index (χ2v) is 8.68. The van der Waals surface area contributed by atoms with Crippen LogP contribution in [0.4, 0.5) is 10.6 Å². The molecule has 0 aliphatic carbocycles. The Labute approximate surface area is 181 Å². The summed E-state index contributed by atoms with van der Waals surface area (Å²) >= 11 is 6.34. The molecule has 2 aromatic heterocycles. The number of benzene rings is 1. The lowest BCUT2D eigenvalue weighted by molar-refractivity contribution is 0.0576. The van der Waals surface area contributed by atoms with Crippen LogP contribution in [0.5, 0.6) is 5.75 Å². The van der Waals surface area contributed by atoms with Gasteiger partial charge in [-0.3, -0.25) is 9.30 Å². The maximum absolute atomic E-state index is 13.2. The van der Waals surface area contributed by atoms with Crippen molar-refractivity contribution in [1.82, 2.24) is 14.4 Å². The fourth-order valence-electron chi connectivity index (χ4n) is 3.12. The van der Waals surface area contributed by atoms with Gasteiger partial charge in [-0.2, -0.15) is 0 Å². The highest BCUT2D eigenvalue weighted by molar-refractivity contribution is 6.29. The predicted octanol–water partition coefficient (Wildman–Crippen LogP) is 5.46. The number of para-hydroxylation sites is 1. The molecular formula is C22H27ClN4O3. The molecule has 1 amide bonds. The number of fused-ring (bicyclic) bond motifs is 1. The summed E-state index contributed by atoms with van der Waals surface area (Å²) in [4.78, 5) is 23.6. The average molecular weight is 431 g/mol. The minimum Gasteiger partial charge on any atom is -0.496 e. The molecule has 0 radical (unpaired) electrons. The number of imidazole rings is 1. The zero-order chi connectivity index (χ0) is 22.1. The highest BCUT2D eigenvalue weighted by Crippen LogP contribution is 2.29. The average Bonchev–Trinajstić information content (AvgIpc) is 3.08. The maximum Gasteiger partial charge on any atom is 0.416 e. The molecule has 2 heterocycles. The normalized spacial score (nSPS) is 11.7. The monoisotopic (exact) mass is 430 g/mol. The second kappa shape index (κ2) is 8.52. The smallest absolute Gasteiger partial charge is 0.416 e. The Hall–Kier alpha value is -2.80. The maximum atomic E-state index is 13.2. The third-order valence-corrected chi connectivity index (χ3v) is 4.64. The Balaban J connectivity index is 2.16. The van der Waals surface area contributed by atoms with Crippen molar-refractivity contribution in [2.45, 2.75) is 52.7 Å². The lowest BCUT2D eigenvalue weighted by Gasteiger charge is -2.27. The quantitative estimate of drug-likeness (QED) is 0.537. The van der Waals surface area contributed by atoms with Gasteiger partial charge in [-0.05, 0) is 32.8 Å². The van der Waals surface area contributed by atoms with Crippen molar-refractivity contribution in [2.24, 2.45) is 0 Å². The number of methoxy groups -OCH3 is 1. The van der Waals surface area contributed by atoms with E-state index in [9.17, 15) is 4.79 Å². The van der Waals surface area contributed by atoms with Gasteiger partial charge in [0, 0.05) is 23.7 Å². The van der Waals surface area contributed by atoms with Crippen LogP contribution in [-0.4, -0.2) is 33.2 Å². The van der Waals surface area contributed by atoms with Crippen molar-refractivity contribution < 1.29 is 14.3 Å². The number of hydrogen-bond acceptors (Lipinski definition) is 5. The molecule has 0 atom stereocenters. The van der Waals surface area contributed by atoms with E-state index in [0.29, 0.717) is 17.2 Å². The topological polar surface area (TPSA) is 69.0 Å². The Morgan fingerprint density at radius 2 is 1.97 bits per heavy atom. The fraction of sp³-hybridized carbons (Fsp3) is 0.409. The van der Waals surface area contributed by atoms with Crippen molar-refractivity contribution in [3.05, 3.63) is 53.1 Å². The lowest BCUT2D eigenvalue weighted by Crippen LogP contribution is -2.37. The summed E-state index contributed by atoms with van der Waals surface area (Å²) in [7, 11) is 1.59. The summed E-state index contributed by atoms with van der Waals surface area (Å²) in [6, 6.07) is 7.50. The van der Waals surface area contributed by atoms with Gasteiger partial charge in [-0.25, -0.2) is 14.8 Å². The van der Waals surface area contributed by atoms with Gasteiger partial charge in [-0.15, -0.1) is 0 Å². The highest BCUT2D eigenvalue weighted by Gasteiger charge is 2.28. The number of hydrogen-bond donors (Lipinski definition) is 0. The Morgan fingerprint density at radius 3 is 2.60 bits per heavy atom. The Morgan fingerprint density at radius 1 is 1.27 bits per heavy atom. The van der Waals surface area contributed by atoms with E-state index in [4.69, 9.17) is 21.1 Å². The molecule has 0 saturated carbocycles. The van der Waals surface area contributed by atoms with Crippen LogP contribution >= 0.6 is 11.6 Å². The van der Waals surface area contributed by atoms with Gasteiger partial charge in [0.05, 0.1) is 13.7 Å². The zero-order valence-corrected chi connectivity index (χ0v) is 18.9. The van der Waals surface area contributed by atoms with Crippen molar-refractivity contribution in [1.29, 1.82) is 0 Å². The molecule has 0 aliphatic rings. The molecule has 3 aromatic rings. The number of carbonyl (C=O) groups excluding carboxylic acids is 1. The van der Waals surface area contributed by atoms with Gasteiger partial charge >= 0.3 is 6.09 Å². The van der Waals surface area contributed by atoms with Crippen molar-refractivity contribution in [3.8, 4) is 5.75 Å². The lowest BCUT2D eigenvalue weighted by atomic mass is 10.1. The second-order valence-electron chi connectivity index (χ2n) is 8.30. The van der Waals surface area contributed by atoms with Gasteiger partial charge in [-0.1, -0.05) is 43.6 Å². The third kappa shape index (κ3) is 4.67. The predicted molar refractivity (Wildman–Crippen MR) is 117 cm³/mol. The molecule has 30 heavy (non-hydrogen) atoms. The molecule has 1 aromatic carbocycles. The molecule has 3 rings (SSSR count). The molecular weight excluding hydrogens is 404 g/mol. The molecule has 0 bridgehead atoms. The van der Waals surface area contributed by atoms with Crippen molar-refractivity contribution in [3.63, 3.8) is 0 Å². The first-order chi connectivity index (χ1) is 14.1. The third-order valence-electron chi connectivity index (χ3n) is 4.46. The molecule has 0 unspecified atom stereocenters. The minimum atomic E-state index is -0.677. The zero-order valence-electron chi connectivity index (χ0n) is 18.1. The molecule has 0 saturated heterocycles. The Bertz CT molecular complexity index is 1060. The molecule has 160 valence electrons. The minimum absolute atomic E-state index is 0.186. The van der Waals surface area contributed by atoms with E-state index in [0.717, 1.165) is 11.3 Å². The summed E-state index contributed by atoms with van der Waals surface area (Å²) < 4.78 is 13.0. The van der Waals surface area contributed by atoms with Gasteiger partial charge in [0.25, 0.3) is 0 Å². The summed E-state index contributed by atoms with van der Waals surface area (Å²) in [5, 5.41) is 0.256. The van der Waals surface area contributed by atoms with E-state index in [1.165, 1.54) is 4.90 Å². The molecule has 0 fully saturated rings. The SMILES string of the molecule is COc1ccccc1CN(C(=O)OC(C)(C)C)c1nc(Cl)cn2c(C(C)C)cnc12. The van der Waals surface area contributed by atoms with Crippen LogP contribution in [0, 0.1) is 0 Å². The van der Waals surface area contributed by atoms with E-state index < -0.39 is 11.7 Å². The van der Waals surface area contributed by atoms with Gasteiger partial charge in [0.2, 0.25) is 0 Å². The summed E-state index contributed by atoms with van der Waals surface area (Å²) in [5.41, 5.74) is 1.63. The standard InChI is InChI=1S/C22H27ClN4O3/c1-14(2)16-11-24-19-20(25-18(23)13-26(16)19)27(21(28)30-22(3,4)5)12-15-9-7-8-10-17(15)29-6/h7-11,13-14H,12H2,1-6H3. The van der Waals surface area contributed by atoms with E-state index in [2.05, 4.69) is 23.8 Å². The number of amides is 1. The van der Waals surface area contributed by atoms with Crippen molar-refractivity contribution >= 4 is 29.2 Å². The molecule has 0 spiro atoms. The van der Waals surface area contributed by atoms with Crippen molar-refractivity contribution in [2.75, 3.05) is 12.0 Å². The molecule has 0 N–H and O–H groups in total. The summed E-state index contributed by atoms with van der Waals surface area (Å²) in [6.45, 7) is 9.78. The van der Waals surface area contributed by atoms with Gasteiger partial charge in [0.15, 0.2) is 11.5 Å². The number of ether oxygens (including phenoxy) is 2. The van der Waals surface area contributed by atoms with Gasteiger partial charge < -0.3 is 9.47 Å². The molecule has 7 nitrogen and oxygen atoms in total. The van der Waals surface area contributed by atoms with E-state index in [-0.39, 0.29) is 17.6 Å². The van der Waals surface area contributed by atoms with Crippen LogP contribution < -0.4 is 9.64 Å². The van der Waals surface area contributed by atoms with Crippen LogP contribution in [0.2, 0.25) is 5.15 Å². The van der Waals surface area contributed by atoms with E-state index in [1.54, 1.807) is 19.5 Å². The van der Waals surface area contributed by atoms with Crippen LogP contribution in [0.15, 0.2) is 36.7 Å². The van der Waals surface area contributed by atoms with Crippen LogP contribution in [0.3, 0.4) is 0 Å². The first kappa shape index (κ1) is 21.9. The largest absolute Gasteiger partial charge is 0.496 e. The molecule has 0 aliphatic heterocycles. The Kier molecular flexibility index (Phi) is 6.22. The number of anilines is 1. The first-order valence-corrected chi connectivity index (χ1v) is 10.1. The fourth-order valence-corrected chi connectivity index (χ4v) is 3.29. The number of nitrogens with zero attached hydrogens (tertiary/aromatic N) is 4. The number of rotatable bonds is 5. The number of carbonyl (C=O) groups is 1. The number of aromatic nitrogens is 3. The summed E-state index contributed by atoms with van der Waals surface area (Å²) in [5.74, 6) is 1.21. The first-order valence-electron chi connectivity index (χ1n) is 9.76. The highest BCUT2D eigenvalue weighted by atomic mass is 35.5. The van der Waals surface area contributed by atoms with E-state index in [1.807, 2.05) is 49.4 Å². The van der Waals surface area contributed by atoms with E-state index >= 15 is 0 Å². The van der Waals surface area contributed by atoms with Gasteiger partial charge in [0.1, 0.15) is 16.5 Å². The molecule has 8 heteroatoms. The van der Waals surface area contributed by atoms with Crippen LogP contribution in [-0.2, 0) is 11.3 Å². The number of halogens is 1.